The summed E-state index contributed by atoms with van der Waals surface area (Å²) in [4.78, 5) is 17.7. The number of fused-ring (bicyclic) bond motifs is 1. The van der Waals surface area contributed by atoms with Crippen molar-refractivity contribution in [3.05, 3.63) is 59.2 Å². The molecule has 0 spiro atoms. The van der Waals surface area contributed by atoms with Crippen LogP contribution in [0.1, 0.15) is 48.0 Å². The topological polar surface area (TPSA) is 43.6 Å². The quantitative estimate of drug-likeness (QED) is 0.860. The second-order valence-electron chi connectivity index (χ2n) is 6.96. The third-order valence-corrected chi connectivity index (χ3v) is 5.11. The third-order valence-electron chi connectivity index (χ3n) is 5.11. The van der Waals surface area contributed by atoms with Crippen LogP contribution < -0.4 is 10.2 Å². The zero-order chi connectivity index (χ0) is 17.1. The minimum atomic E-state index is 0.0639. The maximum Gasteiger partial charge on any atom is 0.236 e. The first-order chi connectivity index (χ1) is 12.3. The first-order valence-electron chi connectivity index (χ1n) is 9.29. The number of pyridine rings is 1. The van der Waals surface area contributed by atoms with Gasteiger partial charge in [0.2, 0.25) is 5.91 Å². The highest BCUT2D eigenvalue weighted by molar-refractivity contribution is 5.81. The fourth-order valence-corrected chi connectivity index (χ4v) is 3.76. The smallest absolute Gasteiger partial charge is 0.236 e. The van der Waals surface area contributed by atoms with Crippen LogP contribution >= 0.6 is 0 Å². The van der Waals surface area contributed by atoms with Gasteiger partial charge in [-0.2, -0.15) is 0 Å². The average molecular weight is 336 g/mol. The molecule has 1 saturated carbocycles. The van der Waals surface area contributed by atoms with E-state index < -0.39 is 0 Å². The van der Waals surface area contributed by atoms with Gasteiger partial charge in [0.05, 0.1) is 19.1 Å². The normalized spacial score (nSPS) is 18.0. The van der Waals surface area contributed by atoms with Crippen molar-refractivity contribution in [3.8, 4) is 5.75 Å². The molecule has 1 aliphatic heterocycles. The van der Waals surface area contributed by atoms with Gasteiger partial charge >= 0.3 is 0 Å². The van der Waals surface area contributed by atoms with Crippen LogP contribution in [0.3, 0.4) is 0 Å². The van der Waals surface area contributed by atoms with Crippen LogP contribution in [-0.4, -0.2) is 23.1 Å². The molecule has 2 heterocycles. The fraction of sp³-hybridized carbons (Fsp3) is 0.429. The molecule has 0 atom stereocenters. The van der Waals surface area contributed by atoms with Crippen LogP contribution in [0.2, 0.25) is 0 Å². The lowest BCUT2D eigenvalue weighted by molar-refractivity contribution is 0.0908. The summed E-state index contributed by atoms with van der Waals surface area (Å²) in [7, 11) is 0. The second-order valence-corrected chi connectivity index (χ2v) is 6.96. The van der Waals surface area contributed by atoms with E-state index in [1.54, 1.807) is 4.57 Å². The molecule has 130 valence electrons. The Morgan fingerprint density at radius 3 is 2.92 bits per heavy atom. The second kappa shape index (κ2) is 7.26. The van der Waals surface area contributed by atoms with E-state index >= 15 is 0 Å². The van der Waals surface area contributed by atoms with E-state index in [0.29, 0.717) is 12.5 Å². The van der Waals surface area contributed by atoms with Gasteiger partial charge in [-0.05, 0) is 42.2 Å². The Morgan fingerprint density at radius 1 is 1.16 bits per heavy atom. The summed E-state index contributed by atoms with van der Waals surface area (Å²) in [6.45, 7) is 0.741. The van der Waals surface area contributed by atoms with Crippen LogP contribution in [0, 0.1) is 0 Å². The van der Waals surface area contributed by atoms with Crippen LogP contribution in [0.25, 0.3) is 0 Å². The molecule has 0 radical (unpaired) electrons. The van der Waals surface area contributed by atoms with E-state index in [9.17, 15) is 4.79 Å². The molecule has 0 amide bonds. The molecule has 0 saturated heterocycles. The number of hydrogen-bond donors (Lipinski definition) is 0. The summed E-state index contributed by atoms with van der Waals surface area (Å²) in [5, 5.41) is 0. The predicted molar refractivity (Wildman–Crippen MR) is 96.8 cm³/mol. The fourth-order valence-electron chi connectivity index (χ4n) is 3.76. The van der Waals surface area contributed by atoms with Gasteiger partial charge in [-0.3, -0.25) is 14.4 Å². The standard InChI is InChI=1S/C21H24N2O2/c24-21(15-16-9-10-19-17(14-16)11-13-25-19)23-12-5-4-8-20(23)22-18-6-2-1-3-7-18/h4-5,8-10,12,14,18H,1-3,6-7,11,13,15H2. The lowest BCUT2D eigenvalue weighted by Gasteiger charge is -2.17. The van der Waals surface area contributed by atoms with E-state index in [0.717, 1.165) is 42.7 Å². The highest BCUT2D eigenvalue weighted by atomic mass is 16.5. The predicted octanol–water partition coefficient (Wildman–Crippen LogP) is 3.54. The van der Waals surface area contributed by atoms with Crippen molar-refractivity contribution in [3.63, 3.8) is 0 Å². The zero-order valence-electron chi connectivity index (χ0n) is 14.5. The number of ether oxygens (including phenoxy) is 1. The first kappa shape index (κ1) is 16.1. The van der Waals surface area contributed by atoms with Crippen molar-refractivity contribution in [2.75, 3.05) is 6.61 Å². The highest BCUT2D eigenvalue weighted by Gasteiger charge is 2.15. The molecule has 0 unspecified atom stereocenters. The van der Waals surface area contributed by atoms with Crippen molar-refractivity contribution >= 4 is 5.91 Å². The zero-order valence-corrected chi connectivity index (χ0v) is 14.5. The molecule has 1 aromatic carbocycles. The van der Waals surface area contributed by atoms with Gasteiger partial charge in [-0.1, -0.05) is 37.5 Å². The molecule has 0 bridgehead atoms. The largest absolute Gasteiger partial charge is 0.493 e. The molecule has 25 heavy (non-hydrogen) atoms. The Balaban J connectivity index is 1.57. The molecule has 4 nitrogen and oxygen atoms in total. The van der Waals surface area contributed by atoms with Gasteiger partial charge in [0.1, 0.15) is 11.2 Å². The summed E-state index contributed by atoms with van der Waals surface area (Å²) >= 11 is 0. The highest BCUT2D eigenvalue weighted by Crippen LogP contribution is 2.26. The SMILES string of the molecule is O=C(Cc1ccc2c(c1)CCO2)n1ccccc1=NC1CCCCC1. The van der Waals surface area contributed by atoms with Crippen molar-refractivity contribution in [1.29, 1.82) is 0 Å². The van der Waals surface area contributed by atoms with Crippen molar-refractivity contribution < 1.29 is 9.53 Å². The number of nitrogens with zero attached hydrogens (tertiary/aromatic N) is 2. The molecule has 1 aliphatic carbocycles. The van der Waals surface area contributed by atoms with Crippen molar-refractivity contribution in [2.45, 2.75) is 51.0 Å². The van der Waals surface area contributed by atoms with Gasteiger partial charge in [-0.25, -0.2) is 0 Å². The molecule has 0 N–H and O–H groups in total. The summed E-state index contributed by atoms with van der Waals surface area (Å²) in [6.07, 6.45) is 9.20. The number of carbonyl (C=O) groups is 1. The van der Waals surface area contributed by atoms with E-state index in [2.05, 4.69) is 6.07 Å². The summed E-state index contributed by atoms with van der Waals surface area (Å²) < 4.78 is 7.25. The molecule has 4 heteroatoms. The molecular formula is C21H24N2O2. The summed E-state index contributed by atoms with van der Waals surface area (Å²) in [5.41, 5.74) is 3.02. The van der Waals surface area contributed by atoms with E-state index in [1.807, 2.05) is 36.5 Å². The molecule has 2 aliphatic rings. The van der Waals surface area contributed by atoms with Crippen LogP contribution in [-0.2, 0) is 12.8 Å². The van der Waals surface area contributed by atoms with Crippen molar-refractivity contribution in [2.24, 2.45) is 4.99 Å². The Morgan fingerprint density at radius 2 is 2.04 bits per heavy atom. The van der Waals surface area contributed by atoms with E-state index in [1.165, 1.54) is 24.8 Å². The van der Waals surface area contributed by atoms with Gasteiger partial charge < -0.3 is 4.74 Å². The molecule has 1 aromatic heterocycles. The number of aromatic nitrogens is 1. The number of benzene rings is 1. The third kappa shape index (κ3) is 3.68. The first-order valence-corrected chi connectivity index (χ1v) is 9.29. The molecular weight excluding hydrogens is 312 g/mol. The van der Waals surface area contributed by atoms with Crippen molar-refractivity contribution in [1.82, 2.24) is 4.57 Å². The summed E-state index contributed by atoms with van der Waals surface area (Å²) in [6, 6.07) is 12.2. The Bertz CT molecular complexity index is 832. The summed E-state index contributed by atoms with van der Waals surface area (Å²) in [5.74, 6) is 1.02. The average Bonchev–Trinajstić information content (AvgIpc) is 3.11. The molecule has 4 rings (SSSR count). The van der Waals surface area contributed by atoms with Gasteiger partial charge in [0.25, 0.3) is 0 Å². The Labute approximate surface area is 148 Å². The minimum absolute atomic E-state index is 0.0639. The Kier molecular flexibility index (Phi) is 4.68. The number of rotatable bonds is 3. The van der Waals surface area contributed by atoms with Crippen LogP contribution in [0.4, 0.5) is 0 Å². The maximum absolute atomic E-state index is 12.8. The van der Waals surface area contributed by atoms with E-state index in [-0.39, 0.29) is 5.91 Å². The lowest BCUT2D eigenvalue weighted by Crippen LogP contribution is -2.29. The monoisotopic (exact) mass is 336 g/mol. The van der Waals surface area contributed by atoms with E-state index in [4.69, 9.17) is 9.73 Å². The Hall–Kier alpha value is -2.36. The molecule has 1 fully saturated rings. The van der Waals surface area contributed by atoms with Gasteiger partial charge in [0, 0.05) is 12.6 Å². The minimum Gasteiger partial charge on any atom is -0.493 e. The van der Waals surface area contributed by atoms with Gasteiger partial charge in [-0.15, -0.1) is 0 Å². The number of hydrogen-bond acceptors (Lipinski definition) is 3. The lowest BCUT2D eigenvalue weighted by atomic mass is 9.96. The number of carbonyl (C=O) groups excluding carboxylic acids is 1. The maximum atomic E-state index is 12.8. The van der Waals surface area contributed by atoms with Crippen LogP contribution in [0.5, 0.6) is 5.75 Å². The van der Waals surface area contributed by atoms with Crippen LogP contribution in [0.15, 0.2) is 47.6 Å². The van der Waals surface area contributed by atoms with Gasteiger partial charge in [0.15, 0.2) is 0 Å². The molecule has 2 aromatic rings.